The Morgan fingerprint density at radius 2 is 1.68 bits per heavy atom. The van der Waals surface area contributed by atoms with Gasteiger partial charge in [0.2, 0.25) is 5.91 Å². The maximum Gasteiger partial charge on any atom is 0.225 e. The third-order valence-corrected chi connectivity index (χ3v) is 7.31. The van der Waals surface area contributed by atoms with E-state index in [-0.39, 0.29) is 24.0 Å². The van der Waals surface area contributed by atoms with Gasteiger partial charge in [-0.3, -0.25) is 14.7 Å². The number of hydrogen-bond donors (Lipinski definition) is 1. The lowest BCUT2D eigenvalue weighted by Gasteiger charge is -2.36. The molecule has 0 radical (unpaired) electrons. The Kier molecular flexibility index (Phi) is 11.9. The first kappa shape index (κ1) is 26.6. The van der Waals surface area contributed by atoms with E-state index in [1.54, 1.807) is 0 Å². The van der Waals surface area contributed by atoms with Gasteiger partial charge in [-0.05, 0) is 38.3 Å². The molecule has 8 heteroatoms. The molecular formula is C23H45IN6O. The number of guanidine groups is 1. The molecule has 1 atom stereocenters. The first-order chi connectivity index (χ1) is 14.6. The van der Waals surface area contributed by atoms with Crippen LogP contribution in [0.3, 0.4) is 0 Å². The van der Waals surface area contributed by atoms with Crippen molar-refractivity contribution >= 4 is 35.8 Å². The normalized spacial score (nSPS) is 23.5. The smallest absolute Gasteiger partial charge is 0.225 e. The summed E-state index contributed by atoms with van der Waals surface area (Å²) in [5, 5.41) is 3.58. The molecule has 7 nitrogen and oxygen atoms in total. The van der Waals surface area contributed by atoms with Gasteiger partial charge in [-0.15, -0.1) is 24.0 Å². The van der Waals surface area contributed by atoms with Gasteiger partial charge in [0.25, 0.3) is 0 Å². The minimum Gasteiger partial charge on any atom is -0.355 e. The van der Waals surface area contributed by atoms with Crippen LogP contribution >= 0.6 is 24.0 Å². The first-order valence-electron chi connectivity index (χ1n) is 12.3. The molecule has 1 N–H and O–H groups in total. The summed E-state index contributed by atoms with van der Waals surface area (Å²) in [5.74, 6) is 2.52. The Labute approximate surface area is 207 Å². The molecule has 2 heterocycles. The number of carbonyl (C=O) groups excluding carboxylic acids is 1. The molecule has 0 aromatic rings. The maximum atomic E-state index is 12.6. The fourth-order valence-corrected chi connectivity index (χ4v) is 5.30. The predicted molar refractivity (Wildman–Crippen MR) is 139 cm³/mol. The van der Waals surface area contributed by atoms with Crippen LogP contribution in [0.25, 0.3) is 0 Å². The molecular weight excluding hydrogens is 503 g/mol. The van der Waals surface area contributed by atoms with E-state index < -0.39 is 0 Å². The highest BCUT2D eigenvalue weighted by molar-refractivity contribution is 14.0. The van der Waals surface area contributed by atoms with E-state index in [0.717, 1.165) is 90.2 Å². The summed E-state index contributed by atoms with van der Waals surface area (Å²) in [6, 6.07) is 0. The van der Waals surface area contributed by atoms with Crippen LogP contribution in [0, 0.1) is 11.8 Å². The predicted octanol–water partition coefficient (Wildman–Crippen LogP) is 2.18. The van der Waals surface area contributed by atoms with Crippen molar-refractivity contribution in [3.8, 4) is 0 Å². The van der Waals surface area contributed by atoms with E-state index >= 15 is 0 Å². The summed E-state index contributed by atoms with van der Waals surface area (Å²) in [4.78, 5) is 26.7. The third kappa shape index (κ3) is 7.74. The molecule has 3 rings (SSSR count). The Balaban J connectivity index is 0.00000341. The molecule has 0 aromatic heterocycles. The van der Waals surface area contributed by atoms with Gasteiger partial charge >= 0.3 is 0 Å². The van der Waals surface area contributed by atoms with Crippen molar-refractivity contribution < 1.29 is 4.79 Å². The Hall–Kier alpha value is -0.610. The van der Waals surface area contributed by atoms with Crippen LogP contribution in [0.1, 0.15) is 46.0 Å². The highest BCUT2D eigenvalue weighted by Crippen LogP contribution is 2.26. The molecule has 2 aliphatic heterocycles. The number of hydrogen-bond acceptors (Lipinski definition) is 4. The second-order valence-corrected chi connectivity index (χ2v) is 9.21. The zero-order chi connectivity index (χ0) is 21.3. The Bertz CT molecular complexity index is 556. The van der Waals surface area contributed by atoms with Crippen molar-refractivity contribution in [1.82, 2.24) is 24.9 Å². The fourth-order valence-electron chi connectivity index (χ4n) is 5.30. The summed E-state index contributed by atoms with van der Waals surface area (Å²) in [7, 11) is 1.90. The molecule has 1 amide bonds. The zero-order valence-electron chi connectivity index (χ0n) is 20.0. The van der Waals surface area contributed by atoms with Gasteiger partial charge in [-0.25, -0.2) is 0 Å². The van der Waals surface area contributed by atoms with E-state index in [1.165, 1.54) is 25.8 Å². The van der Waals surface area contributed by atoms with E-state index in [0.29, 0.717) is 11.8 Å². The van der Waals surface area contributed by atoms with Crippen molar-refractivity contribution in [2.75, 3.05) is 79.0 Å². The lowest BCUT2D eigenvalue weighted by molar-refractivity contribution is -0.137. The second-order valence-electron chi connectivity index (χ2n) is 9.21. The molecule has 3 aliphatic rings. The van der Waals surface area contributed by atoms with E-state index in [9.17, 15) is 4.79 Å². The summed E-state index contributed by atoms with van der Waals surface area (Å²) in [5.41, 5.74) is 0. The number of likely N-dealkylation sites (tertiary alicyclic amines) is 1. The largest absolute Gasteiger partial charge is 0.355 e. The lowest BCUT2D eigenvalue weighted by atomic mass is 10.1. The van der Waals surface area contributed by atoms with Crippen LogP contribution in [0.4, 0.5) is 0 Å². The van der Waals surface area contributed by atoms with E-state index in [4.69, 9.17) is 0 Å². The fraction of sp³-hybridized carbons (Fsp3) is 0.913. The summed E-state index contributed by atoms with van der Waals surface area (Å²) < 4.78 is 0. The van der Waals surface area contributed by atoms with Crippen molar-refractivity contribution in [3.05, 3.63) is 0 Å². The number of piperazine rings is 1. The van der Waals surface area contributed by atoms with Crippen LogP contribution in [0.15, 0.2) is 4.99 Å². The number of nitrogens with one attached hydrogen (secondary N) is 1. The second kappa shape index (κ2) is 13.8. The van der Waals surface area contributed by atoms with E-state index in [1.807, 2.05) is 7.05 Å². The Morgan fingerprint density at radius 3 is 2.29 bits per heavy atom. The van der Waals surface area contributed by atoms with Gasteiger partial charge in [-0.2, -0.15) is 0 Å². The van der Waals surface area contributed by atoms with Crippen molar-refractivity contribution in [2.45, 2.75) is 46.0 Å². The molecule has 0 bridgehead atoms. The van der Waals surface area contributed by atoms with Crippen LogP contribution < -0.4 is 5.32 Å². The third-order valence-electron chi connectivity index (χ3n) is 7.31. The average molecular weight is 549 g/mol. The molecule has 0 spiro atoms. The summed E-state index contributed by atoms with van der Waals surface area (Å²) >= 11 is 0. The van der Waals surface area contributed by atoms with Crippen molar-refractivity contribution in [1.29, 1.82) is 0 Å². The van der Waals surface area contributed by atoms with Crippen LogP contribution in [0.2, 0.25) is 0 Å². The van der Waals surface area contributed by atoms with Gasteiger partial charge < -0.3 is 20.0 Å². The number of carbonyl (C=O) groups is 1. The highest BCUT2D eigenvalue weighted by atomic mass is 127. The molecule has 180 valence electrons. The van der Waals surface area contributed by atoms with Crippen LogP contribution in [0.5, 0.6) is 0 Å². The molecule has 2 saturated heterocycles. The van der Waals surface area contributed by atoms with E-state index in [2.05, 4.69) is 43.8 Å². The minimum atomic E-state index is 0. The molecule has 0 aromatic carbocycles. The van der Waals surface area contributed by atoms with Crippen molar-refractivity contribution in [2.24, 2.45) is 16.8 Å². The average Bonchev–Trinajstić information content (AvgIpc) is 3.47. The van der Waals surface area contributed by atoms with Gasteiger partial charge in [0.05, 0.1) is 0 Å². The number of nitrogens with zero attached hydrogens (tertiary/aromatic N) is 5. The topological polar surface area (TPSA) is 54.4 Å². The summed E-state index contributed by atoms with van der Waals surface area (Å²) in [6.07, 6.45) is 5.93. The summed E-state index contributed by atoms with van der Waals surface area (Å²) in [6.45, 7) is 15.9. The Morgan fingerprint density at radius 1 is 1.00 bits per heavy atom. The lowest BCUT2D eigenvalue weighted by Crippen LogP contribution is -2.52. The first-order valence-corrected chi connectivity index (χ1v) is 12.3. The van der Waals surface area contributed by atoms with Gasteiger partial charge in [0.15, 0.2) is 5.96 Å². The SMILES string of the molecule is CCN(CC)CC1CCN(C(=NC)NCCN2CCN(C(=O)C3CCCC3)CC2)C1.I. The molecule has 1 saturated carbocycles. The maximum absolute atomic E-state index is 12.6. The standard InChI is InChI=1S/C23H44N6O.HI/c1-4-26(5-2)18-20-10-12-29(19-20)23(24-3)25-11-13-27-14-16-28(17-15-27)22(30)21-8-6-7-9-21;/h20-21H,4-19H2,1-3H3,(H,24,25);1H. The van der Waals surface area contributed by atoms with Gasteiger partial charge in [0, 0.05) is 71.9 Å². The molecule has 1 aliphatic carbocycles. The quantitative estimate of drug-likeness (QED) is 0.287. The number of halogens is 1. The van der Waals surface area contributed by atoms with Crippen LogP contribution in [-0.4, -0.2) is 111 Å². The highest BCUT2D eigenvalue weighted by Gasteiger charge is 2.29. The van der Waals surface area contributed by atoms with Gasteiger partial charge in [0.1, 0.15) is 0 Å². The molecule has 1 unspecified atom stereocenters. The molecule has 3 fully saturated rings. The monoisotopic (exact) mass is 548 g/mol. The molecule has 31 heavy (non-hydrogen) atoms. The number of amides is 1. The number of aliphatic imine (C=N–C) groups is 1. The minimum absolute atomic E-state index is 0. The van der Waals surface area contributed by atoms with Crippen LogP contribution in [-0.2, 0) is 4.79 Å². The van der Waals surface area contributed by atoms with Gasteiger partial charge in [-0.1, -0.05) is 26.7 Å². The zero-order valence-corrected chi connectivity index (χ0v) is 22.4. The number of rotatable bonds is 8. The van der Waals surface area contributed by atoms with Crippen molar-refractivity contribution in [3.63, 3.8) is 0 Å².